The first kappa shape index (κ1) is 15.4. The van der Waals surface area contributed by atoms with Crippen LogP contribution < -0.4 is 10.6 Å². The van der Waals surface area contributed by atoms with E-state index in [0.717, 1.165) is 12.8 Å². The second kappa shape index (κ2) is 6.61. The Hall–Kier alpha value is -1.04. The number of amides is 1. The fourth-order valence-electron chi connectivity index (χ4n) is 1.63. The number of likely N-dealkylation sites (N-methyl/N-ethyl adjacent to an activating group) is 1. The van der Waals surface area contributed by atoms with Gasteiger partial charge >= 0.3 is 0 Å². The van der Waals surface area contributed by atoms with E-state index in [-0.39, 0.29) is 12.5 Å². The molecular weight excluding hydrogens is 317 g/mol. The summed E-state index contributed by atoms with van der Waals surface area (Å²) in [7, 11) is 1.76. The summed E-state index contributed by atoms with van der Waals surface area (Å²) in [5, 5.41) is 7.41. The van der Waals surface area contributed by atoms with Gasteiger partial charge in [0.1, 0.15) is 0 Å². The number of rotatable bonds is 4. The molecule has 0 heterocycles. The SMILES string of the molecule is CN(CC(=O)NC1CC1)C(=S)Nc1cc(Cl)cc(Cl)c1. The Morgan fingerprint density at radius 3 is 2.50 bits per heavy atom. The van der Waals surface area contributed by atoms with E-state index in [0.29, 0.717) is 26.9 Å². The highest BCUT2D eigenvalue weighted by molar-refractivity contribution is 7.80. The number of benzene rings is 1. The van der Waals surface area contributed by atoms with Crippen molar-refractivity contribution < 1.29 is 4.79 Å². The minimum atomic E-state index is -0.0247. The Labute approximate surface area is 133 Å². The average molecular weight is 332 g/mol. The third kappa shape index (κ3) is 4.81. The minimum absolute atomic E-state index is 0.0247. The van der Waals surface area contributed by atoms with Crippen molar-refractivity contribution in [2.24, 2.45) is 0 Å². The summed E-state index contributed by atoms with van der Waals surface area (Å²) in [6.07, 6.45) is 2.14. The predicted octanol–water partition coefficient (Wildman–Crippen LogP) is 2.90. The smallest absolute Gasteiger partial charge is 0.239 e. The van der Waals surface area contributed by atoms with E-state index in [1.807, 2.05) is 0 Å². The molecular formula is C13H15Cl2N3OS. The van der Waals surface area contributed by atoms with Crippen LogP contribution in [-0.2, 0) is 4.79 Å². The Kier molecular flexibility index (Phi) is 5.07. The molecule has 0 aliphatic heterocycles. The molecule has 1 amide bonds. The number of hydrogen-bond donors (Lipinski definition) is 2. The fraction of sp³-hybridized carbons (Fsp3) is 0.385. The van der Waals surface area contributed by atoms with Crippen LogP contribution in [0.4, 0.5) is 5.69 Å². The van der Waals surface area contributed by atoms with Gasteiger partial charge in [0, 0.05) is 28.8 Å². The summed E-state index contributed by atoms with van der Waals surface area (Å²) < 4.78 is 0. The molecule has 1 saturated carbocycles. The quantitative estimate of drug-likeness (QED) is 0.832. The maximum atomic E-state index is 11.7. The zero-order chi connectivity index (χ0) is 14.7. The molecule has 1 aliphatic rings. The number of anilines is 1. The first-order valence-corrected chi connectivity index (χ1v) is 7.38. The third-order valence-corrected chi connectivity index (χ3v) is 3.63. The number of carbonyl (C=O) groups is 1. The van der Waals surface area contributed by atoms with Gasteiger partial charge in [0.05, 0.1) is 6.54 Å². The molecule has 1 aliphatic carbocycles. The molecule has 2 N–H and O–H groups in total. The van der Waals surface area contributed by atoms with Crippen LogP contribution in [0.15, 0.2) is 18.2 Å². The van der Waals surface area contributed by atoms with Crippen LogP contribution >= 0.6 is 35.4 Å². The molecule has 0 unspecified atom stereocenters. The van der Waals surface area contributed by atoms with Crippen molar-refractivity contribution in [3.8, 4) is 0 Å². The van der Waals surface area contributed by atoms with Crippen molar-refractivity contribution in [3.05, 3.63) is 28.2 Å². The fourth-order valence-corrected chi connectivity index (χ4v) is 2.34. The summed E-state index contributed by atoms with van der Waals surface area (Å²) in [5.74, 6) is -0.0247. The van der Waals surface area contributed by atoms with Gasteiger partial charge in [-0.15, -0.1) is 0 Å². The van der Waals surface area contributed by atoms with Gasteiger partial charge in [0.25, 0.3) is 0 Å². The molecule has 4 nitrogen and oxygen atoms in total. The van der Waals surface area contributed by atoms with Gasteiger partial charge < -0.3 is 15.5 Å². The van der Waals surface area contributed by atoms with Crippen LogP contribution in [0.2, 0.25) is 10.0 Å². The Morgan fingerprint density at radius 1 is 1.35 bits per heavy atom. The van der Waals surface area contributed by atoms with Crippen molar-refractivity contribution in [1.82, 2.24) is 10.2 Å². The number of nitrogens with one attached hydrogen (secondary N) is 2. The van der Waals surface area contributed by atoms with E-state index in [2.05, 4.69) is 10.6 Å². The lowest BCUT2D eigenvalue weighted by Gasteiger charge is -2.20. The standard InChI is InChI=1S/C13H15Cl2N3OS/c1-18(7-12(19)16-10-2-3-10)13(20)17-11-5-8(14)4-9(15)6-11/h4-6,10H,2-3,7H2,1H3,(H,16,19)(H,17,20). The summed E-state index contributed by atoms with van der Waals surface area (Å²) >= 11 is 17.1. The van der Waals surface area contributed by atoms with E-state index in [1.54, 1.807) is 30.1 Å². The summed E-state index contributed by atoms with van der Waals surface area (Å²) in [5.41, 5.74) is 0.696. The van der Waals surface area contributed by atoms with Crippen LogP contribution in [0.25, 0.3) is 0 Å². The summed E-state index contributed by atoms with van der Waals surface area (Å²) in [6, 6.07) is 5.43. The molecule has 1 aromatic rings. The van der Waals surface area contributed by atoms with Crippen molar-refractivity contribution >= 4 is 52.1 Å². The summed E-state index contributed by atoms with van der Waals surface area (Å²) in [4.78, 5) is 13.4. The molecule has 1 fully saturated rings. The highest BCUT2D eigenvalue weighted by Crippen LogP contribution is 2.22. The second-order valence-electron chi connectivity index (χ2n) is 4.79. The van der Waals surface area contributed by atoms with Crippen molar-refractivity contribution in [2.75, 3.05) is 18.9 Å². The zero-order valence-electron chi connectivity index (χ0n) is 11.0. The molecule has 20 heavy (non-hydrogen) atoms. The normalized spacial score (nSPS) is 13.8. The van der Waals surface area contributed by atoms with Gasteiger partial charge in [-0.25, -0.2) is 0 Å². The van der Waals surface area contributed by atoms with Gasteiger partial charge in [-0.3, -0.25) is 4.79 Å². The lowest BCUT2D eigenvalue weighted by atomic mass is 10.3. The van der Waals surface area contributed by atoms with Crippen molar-refractivity contribution in [3.63, 3.8) is 0 Å². The van der Waals surface area contributed by atoms with Crippen molar-refractivity contribution in [2.45, 2.75) is 18.9 Å². The van der Waals surface area contributed by atoms with Gasteiger partial charge in [-0.05, 0) is 43.3 Å². The van der Waals surface area contributed by atoms with Crippen LogP contribution in [0.5, 0.6) is 0 Å². The van der Waals surface area contributed by atoms with E-state index in [4.69, 9.17) is 35.4 Å². The molecule has 0 bridgehead atoms. The maximum absolute atomic E-state index is 11.7. The van der Waals surface area contributed by atoms with Gasteiger partial charge in [0.15, 0.2) is 5.11 Å². The predicted molar refractivity (Wildman–Crippen MR) is 86.5 cm³/mol. The Morgan fingerprint density at radius 2 is 1.95 bits per heavy atom. The number of nitrogens with zero attached hydrogens (tertiary/aromatic N) is 1. The van der Waals surface area contributed by atoms with Gasteiger partial charge in [0.2, 0.25) is 5.91 Å². The number of hydrogen-bond acceptors (Lipinski definition) is 2. The highest BCUT2D eigenvalue weighted by Gasteiger charge is 2.23. The number of halogens is 2. The van der Waals surface area contributed by atoms with Crippen molar-refractivity contribution in [1.29, 1.82) is 0 Å². The van der Waals surface area contributed by atoms with E-state index >= 15 is 0 Å². The topological polar surface area (TPSA) is 44.4 Å². The molecule has 7 heteroatoms. The Bertz CT molecular complexity index is 514. The molecule has 0 atom stereocenters. The first-order chi connectivity index (χ1) is 9.44. The monoisotopic (exact) mass is 331 g/mol. The lowest BCUT2D eigenvalue weighted by molar-refractivity contribution is -0.121. The van der Waals surface area contributed by atoms with E-state index < -0.39 is 0 Å². The van der Waals surface area contributed by atoms with Crippen LogP contribution in [-0.4, -0.2) is 35.6 Å². The minimum Gasteiger partial charge on any atom is -0.352 e. The summed E-state index contributed by atoms with van der Waals surface area (Å²) in [6.45, 7) is 0.219. The molecule has 1 aromatic carbocycles. The molecule has 0 saturated heterocycles. The Balaban J connectivity index is 1.87. The second-order valence-corrected chi connectivity index (χ2v) is 6.05. The van der Waals surface area contributed by atoms with E-state index in [1.165, 1.54) is 0 Å². The molecule has 0 aromatic heterocycles. The zero-order valence-corrected chi connectivity index (χ0v) is 13.3. The molecule has 0 radical (unpaired) electrons. The highest BCUT2D eigenvalue weighted by atomic mass is 35.5. The first-order valence-electron chi connectivity index (χ1n) is 6.21. The largest absolute Gasteiger partial charge is 0.352 e. The van der Waals surface area contributed by atoms with Gasteiger partial charge in [-0.1, -0.05) is 23.2 Å². The van der Waals surface area contributed by atoms with Gasteiger partial charge in [-0.2, -0.15) is 0 Å². The average Bonchev–Trinajstić information content (AvgIpc) is 3.10. The molecule has 2 rings (SSSR count). The van der Waals surface area contributed by atoms with Crippen LogP contribution in [0, 0.1) is 0 Å². The van der Waals surface area contributed by atoms with Crippen LogP contribution in [0.1, 0.15) is 12.8 Å². The number of thiocarbonyl (C=S) groups is 1. The molecule has 108 valence electrons. The third-order valence-electron chi connectivity index (χ3n) is 2.78. The lowest BCUT2D eigenvalue weighted by Crippen LogP contribution is -2.40. The van der Waals surface area contributed by atoms with E-state index in [9.17, 15) is 4.79 Å². The maximum Gasteiger partial charge on any atom is 0.239 e. The molecule has 0 spiro atoms. The number of carbonyl (C=O) groups excluding carboxylic acids is 1. The van der Waals surface area contributed by atoms with Crippen LogP contribution in [0.3, 0.4) is 0 Å².